The van der Waals surface area contributed by atoms with E-state index in [1.54, 1.807) is 18.2 Å². The Morgan fingerprint density at radius 3 is 2.61 bits per heavy atom. The lowest BCUT2D eigenvalue weighted by Crippen LogP contribution is -2.34. The van der Waals surface area contributed by atoms with Gasteiger partial charge >= 0.3 is 0 Å². The molecule has 0 radical (unpaired) electrons. The highest BCUT2D eigenvalue weighted by molar-refractivity contribution is 8.18. The first kappa shape index (κ1) is 22.3. The normalized spacial score (nSPS) is 18.8. The molecule has 31 heavy (non-hydrogen) atoms. The molecular weight excluding hydrogens is 453 g/mol. The highest BCUT2D eigenvalue weighted by atomic mass is 35.5. The Bertz CT molecular complexity index is 1020. The van der Waals surface area contributed by atoms with Crippen LogP contribution in [0.5, 0.6) is 5.75 Å². The van der Waals surface area contributed by atoms with E-state index in [9.17, 15) is 9.59 Å². The molecule has 0 unspecified atom stereocenters. The largest absolute Gasteiger partial charge is 0.488 e. The van der Waals surface area contributed by atoms with Gasteiger partial charge in [0.05, 0.1) is 4.91 Å². The van der Waals surface area contributed by atoms with Crippen molar-refractivity contribution in [1.82, 2.24) is 4.90 Å². The summed E-state index contributed by atoms with van der Waals surface area (Å²) in [6, 6.07) is 12.7. The minimum absolute atomic E-state index is 0.187. The first-order valence-electron chi connectivity index (χ1n) is 10.4. The predicted octanol–water partition coefficient (Wildman–Crippen LogP) is 7.19. The lowest BCUT2D eigenvalue weighted by molar-refractivity contribution is -0.123. The van der Waals surface area contributed by atoms with Crippen LogP contribution in [-0.4, -0.2) is 22.6 Å². The zero-order chi connectivity index (χ0) is 21.8. The van der Waals surface area contributed by atoms with Crippen molar-refractivity contribution in [3.8, 4) is 5.75 Å². The number of amides is 2. The second-order valence-corrected chi connectivity index (χ2v) is 9.70. The van der Waals surface area contributed by atoms with Crippen molar-refractivity contribution in [2.45, 2.75) is 38.7 Å². The highest BCUT2D eigenvalue weighted by Gasteiger charge is 2.36. The maximum absolute atomic E-state index is 12.9. The molecule has 1 saturated heterocycles. The van der Waals surface area contributed by atoms with Crippen LogP contribution in [0.2, 0.25) is 10.0 Å². The lowest BCUT2D eigenvalue weighted by atomic mass is 9.89. The van der Waals surface area contributed by atoms with Crippen LogP contribution in [0, 0.1) is 5.92 Å². The Kier molecular flexibility index (Phi) is 7.26. The van der Waals surface area contributed by atoms with Gasteiger partial charge in [0.15, 0.2) is 0 Å². The summed E-state index contributed by atoms with van der Waals surface area (Å²) in [5.41, 5.74) is 1.56. The van der Waals surface area contributed by atoms with Crippen LogP contribution in [0.25, 0.3) is 6.08 Å². The van der Waals surface area contributed by atoms with E-state index in [1.807, 2.05) is 30.3 Å². The van der Waals surface area contributed by atoms with Crippen LogP contribution in [0.15, 0.2) is 47.4 Å². The van der Waals surface area contributed by atoms with E-state index in [0.717, 1.165) is 35.7 Å². The Balaban J connectivity index is 1.48. The van der Waals surface area contributed by atoms with Gasteiger partial charge in [0.1, 0.15) is 12.4 Å². The standard InChI is InChI=1S/C24H23Cl2NO3S/c25-19-11-10-18(20(26)13-19)15-30-21-9-5-4-8-17(21)12-22-23(28)27(24(29)31-22)14-16-6-2-1-3-7-16/h4-5,8-13,16H,1-3,6-7,14-15H2/b22-12+. The molecule has 2 amide bonds. The molecule has 1 heterocycles. The minimum Gasteiger partial charge on any atom is -0.488 e. The van der Waals surface area contributed by atoms with Gasteiger partial charge in [0.25, 0.3) is 11.1 Å². The van der Waals surface area contributed by atoms with Crippen molar-refractivity contribution >= 4 is 52.2 Å². The van der Waals surface area contributed by atoms with Crippen LogP contribution < -0.4 is 4.74 Å². The second-order valence-electron chi connectivity index (χ2n) is 7.86. The Morgan fingerprint density at radius 1 is 1.06 bits per heavy atom. The van der Waals surface area contributed by atoms with Gasteiger partial charge in [-0.15, -0.1) is 0 Å². The fourth-order valence-electron chi connectivity index (χ4n) is 3.95. The van der Waals surface area contributed by atoms with Crippen LogP contribution >= 0.6 is 35.0 Å². The third-order valence-corrected chi connectivity index (χ3v) is 7.14. The summed E-state index contributed by atoms with van der Waals surface area (Å²) >= 11 is 13.2. The summed E-state index contributed by atoms with van der Waals surface area (Å²) in [4.78, 5) is 27.2. The number of imide groups is 1. The first-order chi connectivity index (χ1) is 15.0. The molecule has 2 aromatic rings. The first-order valence-corrected chi connectivity index (χ1v) is 12.0. The van der Waals surface area contributed by atoms with Crippen molar-refractivity contribution in [3.63, 3.8) is 0 Å². The molecule has 0 aromatic heterocycles. The van der Waals surface area contributed by atoms with E-state index < -0.39 is 0 Å². The maximum Gasteiger partial charge on any atom is 0.293 e. The summed E-state index contributed by atoms with van der Waals surface area (Å²) in [5.74, 6) is 0.824. The van der Waals surface area contributed by atoms with Crippen LogP contribution in [0.3, 0.4) is 0 Å². The third-order valence-electron chi connectivity index (χ3n) is 5.64. The number of hydrogen-bond acceptors (Lipinski definition) is 4. The van der Waals surface area contributed by atoms with Crippen LogP contribution in [-0.2, 0) is 11.4 Å². The molecule has 0 bridgehead atoms. The molecular formula is C24H23Cl2NO3S. The summed E-state index contributed by atoms with van der Waals surface area (Å²) in [7, 11) is 0. The Labute approximate surface area is 196 Å². The highest BCUT2D eigenvalue weighted by Crippen LogP contribution is 2.36. The van der Waals surface area contributed by atoms with E-state index in [-0.39, 0.29) is 17.8 Å². The quantitative estimate of drug-likeness (QED) is 0.414. The van der Waals surface area contributed by atoms with Gasteiger partial charge in [-0.1, -0.05) is 66.7 Å². The molecule has 0 atom stereocenters. The number of para-hydroxylation sites is 1. The number of halogens is 2. The average molecular weight is 476 g/mol. The third kappa shape index (κ3) is 5.46. The molecule has 2 aromatic carbocycles. The number of hydrogen-bond donors (Lipinski definition) is 0. The van der Waals surface area contributed by atoms with Crippen molar-refractivity contribution in [3.05, 3.63) is 68.5 Å². The monoisotopic (exact) mass is 475 g/mol. The number of benzene rings is 2. The number of ether oxygens (including phenoxy) is 1. The number of nitrogens with zero attached hydrogens (tertiary/aromatic N) is 1. The van der Waals surface area contributed by atoms with Gasteiger partial charge in [-0.3, -0.25) is 14.5 Å². The lowest BCUT2D eigenvalue weighted by Gasteiger charge is -2.25. The fraction of sp³-hybridized carbons (Fsp3) is 0.333. The van der Waals surface area contributed by atoms with Gasteiger partial charge in [0, 0.05) is 27.7 Å². The molecule has 162 valence electrons. The zero-order valence-corrected chi connectivity index (χ0v) is 19.3. The van der Waals surface area contributed by atoms with Crippen molar-refractivity contribution in [2.75, 3.05) is 6.54 Å². The van der Waals surface area contributed by atoms with Crippen molar-refractivity contribution in [2.24, 2.45) is 5.92 Å². The van der Waals surface area contributed by atoms with Crippen molar-refractivity contribution in [1.29, 1.82) is 0 Å². The molecule has 2 aliphatic rings. The summed E-state index contributed by atoms with van der Waals surface area (Å²) in [6.45, 7) is 0.791. The molecule has 2 fully saturated rings. The molecule has 0 spiro atoms. The zero-order valence-electron chi connectivity index (χ0n) is 17.0. The van der Waals surface area contributed by atoms with Gasteiger partial charge in [-0.2, -0.15) is 0 Å². The number of rotatable bonds is 6. The Morgan fingerprint density at radius 2 is 1.84 bits per heavy atom. The average Bonchev–Trinajstić information content (AvgIpc) is 3.02. The number of carbonyl (C=O) groups excluding carboxylic acids is 2. The number of thioether (sulfide) groups is 1. The predicted molar refractivity (Wildman–Crippen MR) is 126 cm³/mol. The van der Waals surface area contributed by atoms with E-state index >= 15 is 0 Å². The van der Waals surface area contributed by atoms with E-state index in [4.69, 9.17) is 27.9 Å². The molecule has 1 aliphatic heterocycles. The number of carbonyl (C=O) groups is 2. The van der Waals surface area contributed by atoms with Crippen LogP contribution in [0.4, 0.5) is 4.79 Å². The van der Waals surface area contributed by atoms with Gasteiger partial charge in [-0.05, 0) is 54.8 Å². The van der Waals surface area contributed by atoms with Gasteiger partial charge < -0.3 is 4.74 Å². The summed E-state index contributed by atoms with van der Waals surface area (Å²) in [6.07, 6.45) is 7.52. The van der Waals surface area contributed by atoms with E-state index in [2.05, 4.69) is 0 Å². The SMILES string of the molecule is O=C1S/C(=C/c2ccccc2OCc2ccc(Cl)cc2Cl)C(=O)N1CC1CCCCC1. The van der Waals surface area contributed by atoms with E-state index in [0.29, 0.717) is 33.2 Å². The second kappa shape index (κ2) is 10.1. The summed E-state index contributed by atoms with van der Waals surface area (Å²) in [5, 5.41) is 0.917. The topological polar surface area (TPSA) is 46.6 Å². The summed E-state index contributed by atoms with van der Waals surface area (Å²) < 4.78 is 5.97. The molecule has 1 aliphatic carbocycles. The molecule has 4 nitrogen and oxygen atoms in total. The van der Waals surface area contributed by atoms with Gasteiger partial charge in [0.2, 0.25) is 0 Å². The Hall–Kier alpha value is -1.95. The van der Waals surface area contributed by atoms with Crippen LogP contribution in [0.1, 0.15) is 43.2 Å². The minimum atomic E-state index is -0.212. The molecule has 7 heteroatoms. The molecule has 0 N–H and O–H groups in total. The van der Waals surface area contributed by atoms with Gasteiger partial charge in [-0.25, -0.2) is 0 Å². The molecule has 1 saturated carbocycles. The fourth-order valence-corrected chi connectivity index (χ4v) is 5.25. The smallest absolute Gasteiger partial charge is 0.293 e. The van der Waals surface area contributed by atoms with E-state index in [1.165, 1.54) is 24.2 Å². The van der Waals surface area contributed by atoms with Crippen molar-refractivity contribution < 1.29 is 14.3 Å². The molecule has 4 rings (SSSR count). The maximum atomic E-state index is 12.9.